The molecule has 5 heteroatoms. The molecule has 162 valence electrons. The fraction of sp³-hybridized carbons (Fsp3) is 0.222. The van der Waals surface area contributed by atoms with Crippen molar-refractivity contribution in [3.8, 4) is 17.1 Å². The van der Waals surface area contributed by atoms with E-state index in [0.29, 0.717) is 11.6 Å². The molecule has 0 saturated carbocycles. The molecule has 0 unspecified atom stereocenters. The minimum atomic E-state index is 0.672. The maximum atomic E-state index is 5.77. The number of para-hydroxylation sites is 1. The summed E-state index contributed by atoms with van der Waals surface area (Å²) in [6, 6.07) is 24.1. The Labute approximate surface area is 189 Å². The first-order chi connectivity index (χ1) is 15.7. The van der Waals surface area contributed by atoms with Crippen LogP contribution in [0.4, 0.5) is 5.82 Å². The van der Waals surface area contributed by atoms with Crippen LogP contribution in [0.2, 0.25) is 0 Å². The standard InChI is InChI=1S/C27H28N4O/c1-3-4-7-18-32-23-16-12-21(13-17-23)19-28-31-27-24-8-5-6-9-25(24)29-26(30-27)22-14-10-20(2)11-15-22/h5-6,8-17,19H,3-4,7,18H2,1-2H3,(H,29,30,31)/b28-19+. The van der Waals surface area contributed by atoms with E-state index in [2.05, 4.69) is 36.5 Å². The van der Waals surface area contributed by atoms with Gasteiger partial charge >= 0.3 is 0 Å². The van der Waals surface area contributed by atoms with Crippen LogP contribution in [0.25, 0.3) is 22.3 Å². The summed E-state index contributed by atoms with van der Waals surface area (Å²) in [5.74, 6) is 2.24. The predicted octanol–water partition coefficient (Wildman–Crippen LogP) is 6.62. The second kappa shape index (κ2) is 10.5. The molecule has 32 heavy (non-hydrogen) atoms. The molecule has 1 aromatic heterocycles. The Kier molecular flexibility index (Phi) is 7.08. The lowest BCUT2D eigenvalue weighted by Gasteiger charge is -2.08. The van der Waals surface area contributed by atoms with Gasteiger partial charge in [0.2, 0.25) is 0 Å². The highest BCUT2D eigenvalue weighted by molar-refractivity contribution is 5.91. The molecule has 0 bridgehead atoms. The van der Waals surface area contributed by atoms with Crippen LogP contribution in [-0.2, 0) is 0 Å². The Morgan fingerprint density at radius 3 is 2.47 bits per heavy atom. The van der Waals surface area contributed by atoms with Crippen molar-refractivity contribution in [2.75, 3.05) is 12.0 Å². The third kappa shape index (κ3) is 5.49. The Bertz CT molecular complexity index is 1180. The Morgan fingerprint density at radius 2 is 1.69 bits per heavy atom. The molecule has 1 heterocycles. The first-order valence-corrected chi connectivity index (χ1v) is 11.1. The number of hydrogen-bond donors (Lipinski definition) is 1. The van der Waals surface area contributed by atoms with Crippen LogP contribution in [0.3, 0.4) is 0 Å². The van der Waals surface area contributed by atoms with Gasteiger partial charge in [0, 0.05) is 10.9 Å². The van der Waals surface area contributed by atoms with Crippen molar-refractivity contribution in [1.29, 1.82) is 0 Å². The number of benzene rings is 3. The minimum Gasteiger partial charge on any atom is -0.494 e. The Balaban J connectivity index is 1.50. The van der Waals surface area contributed by atoms with E-state index in [1.165, 1.54) is 18.4 Å². The van der Waals surface area contributed by atoms with Crippen LogP contribution in [0, 0.1) is 6.92 Å². The van der Waals surface area contributed by atoms with Gasteiger partial charge in [-0.05, 0) is 55.3 Å². The zero-order chi connectivity index (χ0) is 22.2. The second-order valence-electron chi connectivity index (χ2n) is 7.77. The average molecular weight is 425 g/mol. The van der Waals surface area contributed by atoms with E-state index in [-0.39, 0.29) is 0 Å². The van der Waals surface area contributed by atoms with Crippen LogP contribution in [0.5, 0.6) is 5.75 Å². The number of anilines is 1. The van der Waals surface area contributed by atoms with E-state index in [4.69, 9.17) is 14.7 Å². The summed E-state index contributed by atoms with van der Waals surface area (Å²) in [6.07, 6.45) is 5.25. The van der Waals surface area contributed by atoms with E-state index in [1.807, 2.05) is 60.7 Å². The number of fused-ring (bicyclic) bond motifs is 1. The van der Waals surface area contributed by atoms with Crippen LogP contribution in [0.15, 0.2) is 77.9 Å². The molecule has 0 aliphatic rings. The van der Waals surface area contributed by atoms with Gasteiger partial charge in [0.25, 0.3) is 0 Å². The molecule has 4 aromatic rings. The van der Waals surface area contributed by atoms with Gasteiger partial charge in [0.1, 0.15) is 5.75 Å². The third-order valence-corrected chi connectivity index (χ3v) is 5.19. The van der Waals surface area contributed by atoms with E-state index in [1.54, 1.807) is 6.21 Å². The number of rotatable bonds is 9. The zero-order valence-electron chi connectivity index (χ0n) is 18.6. The number of aryl methyl sites for hydroxylation is 1. The van der Waals surface area contributed by atoms with Gasteiger partial charge in [0.15, 0.2) is 11.6 Å². The molecule has 0 amide bonds. The molecule has 3 aromatic carbocycles. The monoisotopic (exact) mass is 424 g/mol. The van der Waals surface area contributed by atoms with E-state index >= 15 is 0 Å². The number of ether oxygens (including phenoxy) is 1. The van der Waals surface area contributed by atoms with Gasteiger partial charge in [-0.25, -0.2) is 9.97 Å². The molecule has 0 saturated heterocycles. The summed E-state index contributed by atoms with van der Waals surface area (Å²) in [6.45, 7) is 5.01. The lowest BCUT2D eigenvalue weighted by molar-refractivity contribution is 0.306. The van der Waals surface area contributed by atoms with Gasteiger partial charge in [-0.2, -0.15) is 5.10 Å². The molecule has 0 atom stereocenters. The number of hydrazone groups is 1. The number of nitrogens with one attached hydrogen (secondary N) is 1. The zero-order valence-corrected chi connectivity index (χ0v) is 18.6. The number of aromatic nitrogens is 2. The fourth-order valence-corrected chi connectivity index (χ4v) is 3.35. The van der Waals surface area contributed by atoms with E-state index in [9.17, 15) is 0 Å². The highest BCUT2D eigenvalue weighted by Crippen LogP contribution is 2.25. The van der Waals surface area contributed by atoms with E-state index in [0.717, 1.165) is 40.8 Å². The molecule has 0 fully saturated rings. The van der Waals surface area contributed by atoms with Crippen molar-refractivity contribution in [1.82, 2.24) is 9.97 Å². The molecule has 0 aliphatic heterocycles. The molecule has 0 radical (unpaired) electrons. The molecular weight excluding hydrogens is 396 g/mol. The lowest BCUT2D eigenvalue weighted by atomic mass is 10.1. The van der Waals surface area contributed by atoms with Crippen LogP contribution in [0.1, 0.15) is 37.3 Å². The maximum Gasteiger partial charge on any atom is 0.162 e. The molecule has 1 N–H and O–H groups in total. The summed E-state index contributed by atoms with van der Waals surface area (Å²) in [4.78, 5) is 9.47. The fourth-order valence-electron chi connectivity index (χ4n) is 3.35. The van der Waals surface area contributed by atoms with Crippen molar-refractivity contribution in [3.05, 3.63) is 83.9 Å². The van der Waals surface area contributed by atoms with Crippen LogP contribution < -0.4 is 10.2 Å². The van der Waals surface area contributed by atoms with Gasteiger partial charge in [-0.1, -0.05) is 61.7 Å². The van der Waals surface area contributed by atoms with Crippen LogP contribution >= 0.6 is 0 Å². The summed E-state index contributed by atoms with van der Waals surface area (Å²) < 4.78 is 5.77. The average Bonchev–Trinajstić information content (AvgIpc) is 2.83. The summed E-state index contributed by atoms with van der Waals surface area (Å²) in [7, 11) is 0. The summed E-state index contributed by atoms with van der Waals surface area (Å²) in [5.41, 5.74) is 7.14. The maximum absolute atomic E-state index is 5.77. The number of unbranched alkanes of at least 4 members (excludes halogenated alkanes) is 2. The third-order valence-electron chi connectivity index (χ3n) is 5.19. The smallest absolute Gasteiger partial charge is 0.162 e. The van der Waals surface area contributed by atoms with Gasteiger partial charge in [-0.15, -0.1) is 0 Å². The number of nitrogens with zero attached hydrogens (tertiary/aromatic N) is 3. The quantitative estimate of drug-likeness (QED) is 0.186. The predicted molar refractivity (Wildman–Crippen MR) is 132 cm³/mol. The minimum absolute atomic E-state index is 0.672. The molecule has 5 nitrogen and oxygen atoms in total. The molecule has 0 aliphatic carbocycles. The van der Waals surface area contributed by atoms with Crippen molar-refractivity contribution < 1.29 is 4.74 Å². The van der Waals surface area contributed by atoms with Crippen molar-refractivity contribution in [3.63, 3.8) is 0 Å². The Hall–Kier alpha value is -3.73. The molecular formula is C27H28N4O. The second-order valence-corrected chi connectivity index (χ2v) is 7.77. The van der Waals surface area contributed by atoms with Crippen molar-refractivity contribution >= 4 is 22.9 Å². The normalized spacial score (nSPS) is 11.2. The highest BCUT2D eigenvalue weighted by Gasteiger charge is 2.08. The number of hydrogen-bond acceptors (Lipinski definition) is 5. The Morgan fingerprint density at radius 1 is 0.906 bits per heavy atom. The van der Waals surface area contributed by atoms with Gasteiger partial charge in [-0.3, -0.25) is 5.43 Å². The van der Waals surface area contributed by atoms with Crippen molar-refractivity contribution in [2.24, 2.45) is 5.10 Å². The first-order valence-electron chi connectivity index (χ1n) is 11.1. The van der Waals surface area contributed by atoms with E-state index < -0.39 is 0 Å². The van der Waals surface area contributed by atoms with Gasteiger partial charge < -0.3 is 4.74 Å². The molecule has 4 rings (SSSR count). The molecule has 0 spiro atoms. The summed E-state index contributed by atoms with van der Waals surface area (Å²) >= 11 is 0. The topological polar surface area (TPSA) is 59.4 Å². The summed E-state index contributed by atoms with van der Waals surface area (Å²) in [5, 5.41) is 5.35. The largest absolute Gasteiger partial charge is 0.494 e. The van der Waals surface area contributed by atoms with Crippen molar-refractivity contribution in [2.45, 2.75) is 33.1 Å². The van der Waals surface area contributed by atoms with Crippen LogP contribution in [-0.4, -0.2) is 22.8 Å². The van der Waals surface area contributed by atoms with Gasteiger partial charge in [0.05, 0.1) is 18.3 Å². The first kappa shape index (κ1) is 21.5. The lowest BCUT2D eigenvalue weighted by Crippen LogP contribution is -1.99. The highest BCUT2D eigenvalue weighted by atomic mass is 16.5. The SMILES string of the molecule is CCCCCOc1ccc(/C=N/Nc2nc(-c3ccc(C)cc3)nc3ccccc23)cc1.